The lowest BCUT2D eigenvalue weighted by molar-refractivity contribution is 0.660. The van der Waals surface area contributed by atoms with Crippen LogP contribution in [0.25, 0.3) is 117 Å². The van der Waals surface area contributed by atoms with Crippen LogP contribution in [0.1, 0.15) is 72.2 Å². The van der Waals surface area contributed by atoms with Crippen molar-refractivity contribution in [2.45, 2.75) is 43.9 Å². The minimum atomic E-state index is -0.471. The monoisotopic (exact) mass is 1520 g/mol. The van der Waals surface area contributed by atoms with Gasteiger partial charge >= 0.3 is 0 Å². The van der Waals surface area contributed by atoms with Crippen LogP contribution in [0.4, 0.5) is 51.2 Å². The van der Waals surface area contributed by atoms with Crippen molar-refractivity contribution in [3.05, 3.63) is 469 Å². The van der Waals surface area contributed by atoms with E-state index in [2.05, 4.69) is 472 Å². The minimum absolute atomic E-state index is 0.144. The number of anilines is 9. The Labute approximate surface area is 695 Å². The fourth-order valence-corrected chi connectivity index (χ4v) is 20.8. The van der Waals surface area contributed by atoms with E-state index in [-0.39, 0.29) is 10.8 Å². The molecule has 119 heavy (non-hydrogen) atoms. The number of hydrogen-bond donors (Lipinski definition) is 0. The van der Waals surface area contributed by atoms with Gasteiger partial charge in [-0.15, -0.1) is 0 Å². The van der Waals surface area contributed by atoms with Gasteiger partial charge in [-0.3, -0.25) is 0 Å². The smallest absolute Gasteiger partial charge is 0.0726 e. The number of nitrogens with zero attached hydrogens (tertiary/aromatic N) is 4. The molecule has 0 atom stereocenters. The zero-order chi connectivity index (χ0) is 79.2. The van der Waals surface area contributed by atoms with E-state index in [1.807, 2.05) is 0 Å². The lowest BCUT2D eigenvalue weighted by Crippen LogP contribution is -2.26. The third-order valence-electron chi connectivity index (χ3n) is 26.4. The van der Waals surface area contributed by atoms with Crippen molar-refractivity contribution in [2.24, 2.45) is 0 Å². The average molecular weight is 1520 g/mol. The molecule has 1 heterocycles. The Morgan fingerprint density at radius 3 is 0.916 bits per heavy atom. The number of aromatic nitrogens is 1. The molecule has 562 valence electrons. The molecule has 0 amide bonds. The first-order valence-electron chi connectivity index (χ1n) is 41.6. The van der Waals surface area contributed by atoms with Crippen LogP contribution in [0.3, 0.4) is 0 Å². The Morgan fingerprint density at radius 2 is 0.487 bits per heavy atom. The lowest BCUT2D eigenvalue weighted by atomic mass is 9.70. The maximum Gasteiger partial charge on any atom is 0.0726 e. The summed E-state index contributed by atoms with van der Waals surface area (Å²) in [5, 5.41) is 2.41. The molecule has 0 saturated carbocycles. The quantitative estimate of drug-likeness (QED) is 0.108. The van der Waals surface area contributed by atoms with E-state index in [0.717, 1.165) is 95.8 Å². The van der Waals surface area contributed by atoms with Crippen LogP contribution in [0, 0.1) is 0 Å². The van der Waals surface area contributed by atoms with Crippen molar-refractivity contribution < 1.29 is 0 Å². The summed E-state index contributed by atoms with van der Waals surface area (Å²) in [6, 6.07) is 158. The third kappa shape index (κ3) is 10.8. The molecule has 18 aromatic carbocycles. The van der Waals surface area contributed by atoms with Crippen LogP contribution in [0.2, 0.25) is 0 Å². The molecule has 0 N–H and O–H groups in total. The van der Waals surface area contributed by atoms with Gasteiger partial charge in [-0.25, -0.2) is 0 Å². The van der Waals surface area contributed by atoms with E-state index < -0.39 is 5.41 Å². The number of benzene rings is 18. The van der Waals surface area contributed by atoms with Gasteiger partial charge in [0.25, 0.3) is 0 Å². The minimum Gasteiger partial charge on any atom is -0.311 e. The molecule has 4 aliphatic carbocycles. The molecule has 23 rings (SSSR count). The molecule has 19 aromatic rings. The molecule has 1 spiro atoms. The summed E-state index contributed by atoms with van der Waals surface area (Å²) in [5.41, 5.74) is 43.1. The van der Waals surface area contributed by atoms with Crippen molar-refractivity contribution >= 4 is 73.0 Å². The zero-order valence-corrected chi connectivity index (χ0v) is 66.7. The molecule has 0 bridgehead atoms. The maximum absolute atomic E-state index is 2.53. The highest BCUT2D eigenvalue weighted by Crippen LogP contribution is 2.65. The number of rotatable bonds is 14. The Hall–Kier alpha value is -14.8. The van der Waals surface area contributed by atoms with E-state index in [9.17, 15) is 0 Å². The molecule has 0 radical (unpaired) electrons. The van der Waals surface area contributed by atoms with Crippen LogP contribution in [0.5, 0.6) is 0 Å². The van der Waals surface area contributed by atoms with E-state index in [1.165, 1.54) is 116 Å². The molecule has 1 aromatic heterocycles. The summed E-state index contributed by atoms with van der Waals surface area (Å²) < 4.78 is 2.49. The van der Waals surface area contributed by atoms with E-state index >= 15 is 0 Å². The molecular weight excluding hydrogens is 1440 g/mol. The molecule has 0 saturated heterocycles. The standard InChI is InChI=1S/C115H82N4/c1-113(2)101-36-19-14-31-92(101)96-67-65-90(73-107(96)113)118(111-42-24-41-106-112(111)98-35-18-23-40-105(98)115(106)103-38-21-16-33-94(103)95-34-17-22-39-104(95)115)89-63-49-78(50-64-89)76-45-43-75(44-46-76)77-47-57-87(58-48-77)117(85-29-12-7-13-30-85)88-61-53-80(54-62-88)82-56-70-110-100(72-82)99-71-81(79-51-59-86(60-52-79)116(83-25-8-5-9-26-83)84-27-10-6-11-28-84)55-69-109(99)119(110)91-66-68-97-93-32-15-20-37-102(93)114(3,4)108(97)74-91/h5-74H,1-4H3. The number of para-hydroxylation sites is 3. The summed E-state index contributed by atoms with van der Waals surface area (Å²) in [4.78, 5) is 7.22. The van der Waals surface area contributed by atoms with Crippen molar-refractivity contribution in [2.75, 3.05) is 14.7 Å². The second-order valence-electron chi connectivity index (χ2n) is 33.5. The highest BCUT2D eigenvalue weighted by molar-refractivity contribution is 6.12. The normalized spacial score (nSPS) is 13.6. The van der Waals surface area contributed by atoms with Crippen molar-refractivity contribution in [3.8, 4) is 94.7 Å². The Kier molecular flexibility index (Phi) is 15.9. The predicted octanol–water partition coefficient (Wildman–Crippen LogP) is 30.8. The molecule has 0 aliphatic heterocycles. The van der Waals surface area contributed by atoms with Gasteiger partial charge in [0.15, 0.2) is 0 Å². The van der Waals surface area contributed by atoms with Gasteiger partial charge in [0, 0.05) is 78.4 Å². The molecule has 4 nitrogen and oxygen atoms in total. The second-order valence-corrected chi connectivity index (χ2v) is 33.5. The summed E-state index contributed by atoms with van der Waals surface area (Å²) in [5.74, 6) is 0. The Bertz CT molecular complexity index is 7150. The lowest BCUT2D eigenvalue weighted by Gasteiger charge is -2.32. The first-order chi connectivity index (χ1) is 58.5. The van der Waals surface area contributed by atoms with Gasteiger partial charge < -0.3 is 19.3 Å². The summed E-state index contributed by atoms with van der Waals surface area (Å²) in [6.07, 6.45) is 0. The summed E-state index contributed by atoms with van der Waals surface area (Å²) in [7, 11) is 0. The Morgan fingerprint density at radius 1 is 0.193 bits per heavy atom. The van der Waals surface area contributed by atoms with Crippen LogP contribution < -0.4 is 14.7 Å². The van der Waals surface area contributed by atoms with Gasteiger partial charge in [-0.05, 0) is 267 Å². The fourth-order valence-electron chi connectivity index (χ4n) is 20.8. The Balaban J connectivity index is 0.559. The second kappa shape index (κ2) is 27.1. The van der Waals surface area contributed by atoms with Crippen LogP contribution >= 0.6 is 0 Å². The fraction of sp³-hybridized carbons (Fsp3) is 0.0609. The van der Waals surface area contributed by atoms with Crippen LogP contribution in [-0.2, 0) is 16.2 Å². The third-order valence-corrected chi connectivity index (χ3v) is 26.4. The summed E-state index contributed by atoms with van der Waals surface area (Å²) >= 11 is 0. The van der Waals surface area contributed by atoms with Gasteiger partial charge in [-0.2, -0.15) is 0 Å². The first kappa shape index (κ1) is 69.6. The molecule has 4 aliphatic rings. The zero-order valence-electron chi connectivity index (χ0n) is 66.7. The topological polar surface area (TPSA) is 14.7 Å². The maximum atomic E-state index is 2.53. The first-order valence-corrected chi connectivity index (χ1v) is 41.6. The van der Waals surface area contributed by atoms with Gasteiger partial charge in [-0.1, -0.05) is 313 Å². The van der Waals surface area contributed by atoms with E-state index in [1.54, 1.807) is 0 Å². The predicted molar refractivity (Wildman–Crippen MR) is 498 cm³/mol. The van der Waals surface area contributed by atoms with E-state index in [4.69, 9.17) is 0 Å². The number of hydrogen-bond acceptors (Lipinski definition) is 3. The van der Waals surface area contributed by atoms with Crippen molar-refractivity contribution in [1.29, 1.82) is 0 Å². The molecule has 0 unspecified atom stereocenters. The molecule has 0 fully saturated rings. The van der Waals surface area contributed by atoms with Gasteiger partial charge in [0.05, 0.1) is 22.1 Å². The largest absolute Gasteiger partial charge is 0.311 e. The highest BCUT2D eigenvalue weighted by atomic mass is 15.2. The average Bonchev–Trinajstić information content (AvgIpc) is 1.50. The highest BCUT2D eigenvalue weighted by Gasteiger charge is 2.52. The van der Waals surface area contributed by atoms with Gasteiger partial charge in [0.1, 0.15) is 0 Å². The SMILES string of the molecule is CC1(C)c2ccccc2-c2ccc(N(c3ccc(-c4ccc(-c5ccc(N(c6ccccc6)c6ccc(-c7ccc8c(c7)c7cc(-c9ccc(N(c%10ccccc%10)c%10ccccc%10)cc9)ccc7n8-c7ccc8c(c7)C(C)(C)c7ccccc7-8)cc6)cc5)cc4)cc3)c3cccc4c3-c3ccccc3C43c4ccccc4-c4ccccc43)cc21. The summed E-state index contributed by atoms with van der Waals surface area (Å²) in [6.45, 7) is 9.51. The van der Waals surface area contributed by atoms with Crippen molar-refractivity contribution in [1.82, 2.24) is 4.57 Å². The van der Waals surface area contributed by atoms with Crippen LogP contribution in [0.15, 0.2) is 425 Å². The molecular formula is C115H82N4. The molecule has 4 heteroatoms. The van der Waals surface area contributed by atoms with E-state index in [0.29, 0.717) is 0 Å². The van der Waals surface area contributed by atoms with Gasteiger partial charge in [0.2, 0.25) is 0 Å². The van der Waals surface area contributed by atoms with Crippen molar-refractivity contribution in [3.63, 3.8) is 0 Å². The number of fused-ring (bicyclic) bond motifs is 19. The van der Waals surface area contributed by atoms with Crippen LogP contribution in [-0.4, -0.2) is 4.57 Å².